The number of fused-ring (bicyclic) bond motifs is 1. The summed E-state index contributed by atoms with van der Waals surface area (Å²) in [6.45, 7) is 2.69. The van der Waals surface area contributed by atoms with Crippen LogP contribution in [0.3, 0.4) is 0 Å². The van der Waals surface area contributed by atoms with Crippen molar-refractivity contribution in [3.63, 3.8) is 0 Å². The number of nitrogens with zero attached hydrogens (tertiary/aromatic N) is 2. The first-order valence-electron chi connectivity index (χ1n) is 6.10. The van der Waals surface area contributed by atoms with Crippen LogP contribution in [0.1, 0.15) is 5.56 Å². The van der Waals surface area contributed by atoms with Crippen molar-refractivity contribution >= 4 is 16.9 Å². The predicted molar refractivity (Wildman–Crippen MR) is 67.2 cm³/mol. The number of amides is 1. The highest BCUT2D eigenvalue weighted by Gasteiger charge is 2.17. The molecule has 2 heterocycles. The minimum atomic E-state index is 0.164. The lowest BCUT2D eigenvalue weighted by atomic mass is 10.1. The van der Waals surface area contributed by atoms with Crippen LogP contribution in [-0.4, -0.2) is 47.1 Å². The van der Waals surface area contributed by atoms with Gasteiger partial charge in [0.15, 0.2) is 0 Å². The molecule has 5 nitrogen and oxygen atoms in total. The Labute approximate surface area is 105 Å². The van der Waals surface area contributed by atoms with Crippen molar-refractivity contribution in [3.05, 3.63) is 30.1 Å². The van der Waals surface area contributed by atoms with E-state index in [0.717, 1.165) is 16.6 Å². The molecule has 0 atom stereocenters. The molecule has 0 aliphatic carbocycles. The van der Waals surface area contributed by atoms with E-state index in [1.807, 2.05) is 23.1 Å². The Bertz CT molecular complexity index is 558. The van der Waals surface area contributed by atoms with Gasteiger partial charge in [0.05, 0.1) is 37.0 Å². The number of hydrogen-bond acceptors (Lipinski definition) is 3. The Balaban J connectivity index is 1.72. The molecular weight excluding hydrogens is 230 g/mol. The molecule has 0 spiro atoms. The van der Waals surface area contributed by atoms with Crippen LogP contribution in [0.25, 0.3) is 11.0 Å². The third-order valence-electron chi connectivity index (χ3n) is 3.20. The molecule has 1 aliphatic heterocycles. The maximum atomic E-state index is 12.1. The fourth-order valence-electron chi connectivity index (χ4n) is 2.19. The summed E-state index contributed by atoms with van der Waals surface area (Å²) in [6.07, 6.45) is 2.10. The number of carbonyl (C=O) groups excluding carboxylic acids is 1. The zero-order chi connectivity index (χ0) is 12.4. The van der Waals surface area contributed by atoms with Crippen molar-refractivity contribution in [2.75, 3.05) is 26.3 Å². The Morgan fingerprint density at radius 2 is 2.22 bits per heavy atom. The van der Waals surface area contributed by atoms with Crippen LogP contribution in [0, 0.1) is 0 Å². The molecule has 0 unspecified atom stereocenters. The molecule has 0 bridgehead atoms. The van der Waals surface area contributed by atoms with Gasteiger partial charge in [-0.1, -0.05) is 6.07 Å². The number of hydrogen-bond donors (Lipinski definition) is 1. The Morgan fingerprint density at radius 1 is 1.39 bits per heavy atom. The van der Waals surface area contributed by atoms with Crippen molar-refractivity contribution < 1.29 is 9.53 Å². The van der Waals surface area contributed by atoms with Gasteiger partial charge in [0.2, 0.25) is 5.91 Å². The first-order chi connectivity index (χ1) is 8.83. The largest absolute Gasteiger partial charge is 0.378 e. The Morgan fingerprint density at radius 3 is 3.06 bits per heavy atom. The van der Waals surface area contributed by atoms with Crippen LogP contribution in [0.15, 0.2) is 24.5 Å². The molecule has 1 saturated heterocycles. The van der Waals surface area contributed by atoms with Gasteiger partial charge < -0.3 is 14.6 Å². The third kappa shape index (κ3) is 2.22. The summed E-state index contributed by atoms with van der Waals surface area (Å²) in [5.41, 5.74) is 2.92. The summed E-state index contributed by atoms with van der Waals surface area (Å²) in [5.74, 6) is 0.164. The Kier molecular flexibility index (Phi) is 2.98. The zero-order valence-corrected chi connectivity index (χ0v) is 10.1. The maximum Gasteiger partial charge on any atom is 0.227 e. The number of morpholine rings is 1. The van der Waals surface area contributed by atoms with Crippen molar-refractivity contribution in [2.45, 2.75) is 6.42 Å². The average Bonchev–Trinajstić information content (AvgIpc) is 2.87. The van der Waals surface area contributed by atoms with Crippen molar-refractivity contribution in [1.82, 2.24) is 14.9 Å². The SMILES string of the molecule is O=C(Cc1ccc2nc[nH]c2c1)N1CCOCC1. The number of carbonyl (C=O) groups is 1. The van der Waals surface area contributed by atoms with Crippen molar-refractivity contribution in [2.24, 2.45) is 0 Å². The molecule has 1 aromatic carbocycles. The summed E-state index contributed by atoms with van der Waals surface area (Å²) in [4.78, 5) is 21.2. The predicted octanol–water partition coefficient (Wildman–Crippen LogP) is 0.964. The lowest BCUT2D eigenvalue weighted by Gasteiger charge is -2.26. The van der Waals surface area contributed by atoms with Gasteiger partial charge in [-0.3, -0.25) is 4.79 Å². The molecule has 0 saturated carbocycles. The number of nitrogens with one attached hydrogen (secondary N) is 1. The molecule has 5 heteroatoms. The van der Waals surface area contributed by atoms with Crippen LogP contribution >= 0.6 is 0 Å². The lowest BCUT2D eigenvalue weighted by molar-refractivity contribution is -0.134. The molecule has 2 aromatic rings. The third-order valence-corrected chi connectivity index (χ3v) is 3.20. The molecule has 3 rings (SSSR count). The van der Waals surface area contributed by atoms with Gasteiger partial charge in [-0.2, -0.15) is 0 Å². The van der Waals surface area contributed by atoms with Gasteiger partial charge in [0.1, 0.15) is 0 Å². The number of aromatic amines is 1. The molecular formula is C13H15N3O2. The van der Waals surface area contributed by atoms with Gasteiger partial charge in [-0.05, 0) is 17.7 Å². The Hall–Kier alpha value is -1.88. The molecule has 1 N–H and O–H groups in total. The van der Waals surface area contributed by atoms with Crippen LogP contribution in [0.5, 0.6) is 0 Å². The number of benzene rings is 1. The summed E-state index contributed by atoms with van der Waals surface area (Å²) < 4.78 is 5.24. The fourth-order valence-corrected chi connectivity index (χ4v) is 2.19. The van der Waals surface area contributed by atoms with E-state index in [2.05, 4.69) is 9.97 Å². The van der Waals surface area contributed by atoms with Crippen LogP contribution in [0.4, 0.5) is 0 Å². The smallest absolute Gasteiger partial charge is 0.227 e. The van der Waals surface area contributed by atoms with E-state index >= 15 is 0 Å². The standard InChI is InChI=1S/C13H15N3O2/c17-13(16-3-5-18-6-4-16)8-10-1-2-11-12(7-10)15-9-14-11/h1-2,7,9H,3-6,8H2,(H,14,15). The monoisotopic (exact) mass is 245 g/mol. The lowest BCUT2D eigenvalue weighted by Crippen LogP contribution is -2.41. The van der Waals surface area contributed by atoms with Crippen LogP contribution in [-0.2, 0) is 16.0 Å². The second-order valence-electron chi connectivity index (χ2n) is 4.42. The minimum absolute atomic E-state index is 0.164. The first-order valence-corrected chi connectivity index (χ1v) is 6.10. The van der Waals surface area contributed by atoms with E-state index in [1.165, 1.54) is 0 Å². The number of rotatable bonds is 2. The van der Waals surface area contributed by atoms with Gasteiger partial charge in [-0.25, -0.2) is 4.98 Å². The number of aromatic nitrogens is 2. The second-order valence-corrected chi connectivity index (χ2v) is 4.42. The summed E-state index contributed by atoms with van der Waals surface area (Å²) >= 11 is 0. The fraction of sp³-hybridized carbons (Fsp3) is 0.385. The number of H-pyrrole nitrogens is 1. The first kappa shape index (κ1) is 11.2. The normalized spacial score (nSPS) is 16.1. The van der Waals surface area contributed by atoms with E-state index in [9.17, 15) is 4.79 Å². The minimum Gasteiger partial charge on any atom is -0.378 e. The van der Waals surface area contributed by atoms with E-state index in [0.29, 0.717) is 32.7 Å². The van der Waals surface area contributed by atoms with E-state index in [1.54, 1.807) is 6.33 Å². The summed E-state index contributed by atoms with van der Waals surface area (Å²) in [7, 11) is 0. The molecule has 94 valence electrons. The maximum absolute atomic E-state index is 12.1. The number of ether oxygens (including phenoxy) is 1. The van der Waals surface area contributed by atoms with E-state index < -0.39 is 0 Å². The summed E-state index contributed by atoms with van der Waals surface area (Å²) in [6, 6.07) is 5.88. The molecule has 0 radical (unpaired) electrons. The van der Waals surface area contributed by atoms with Crippen LogP contribution < -0.4 is 0 Å². The number of imidazole rings is 1. The highest BCUT2D eigenvalue weighted by molar-refractivity contribution is 5.81. The highest BCUT2D eigenvalue weighted by atomic mass is 16.5. The molecule has 1 amide bonds. The molecule has 1 aromatic heterocycles. The van der Waals surface area contributed by atoms with Gasteiger partial charge >= 0.3 is 0 Å². The molecule has 1 aliphatic rings. The van der Waals surface area contributed by atoms with E-state index in [-0.39, 0.29) is 5.91 Å². The van der Waals surface area contributed by atoms with Gasteiger partial charge in [0.25, 0.3) is 0 Å². The quantitative estimate of drug-likeness (QED) is 0.857. The average molecular weight is 245 g/mol. The van der Waals surface area contributed by atoms with Crippen molar-refractivity contribution in [3.8, 4) is 0 Å². The van der Waals surface area contributed by atoms with E-state index in [4.69, 9.17) is 4.74 Å². The van der Waals surface area contributed by atoms with Gasteiger partial charge in [-0.15, -0.1) is 0 Å². The summed E-state index contributed by atoms with van der Waals surface area (Å²) in [5, 5.41) is 0. The topological polar surface area (TPSA) is 58.2 Å². The van der Waals surface area contributed by atoms with Crippen LogP contribution in [0.2, 0.25) is 0 Å². The highest BCUT2D eigenvalue weighted by Crippen LogP contribution is 2.13. The van der Waals surface area contributed by atoms with Crippen molar-refractivity contribution in [1.29, 1.82) is 0 Å². The molecule has 1 fully saturated rings. The molecule has 18 heavy (non-hydrogen) atoms. The zero-order valence-electron chi connectivity index (χ0n) is 10.1. The van der Waals surface area contributed by atoms with Gasteiger partial charge in [0, 0.05) is 13.1 Å². The second kappa shape index (κ2) is 4.78.